The van der Waals surface area contributed by atoms with Gasteiger partial charge in [-0.2, -0.15) is 0 Å². The van der Waals surface area contributed by atoms with Gasteiger partial charge in [-0.3, -0.25) is 0 Å². The minimum absolute atomic E-state index is 0.00346. The van der Waals surface area contributed by atoms with Gasteiger partial charge in [0.1, 0.15) is 6.10 Å². The number of ether oxygens (including phenoxy) is 1. The highest BCUT2D eigenvalue weighted by atomic mass is 35.5. The zero-order valence-corrected chi connectivity index (χ0v) is 10.1. The van der Waals surface area contributed by atoms with Crippen molar-refractivity contribution in [3.05, 3.63) is 21.3 Å². The minimum Gasteiger partial charge on any atom is -0.371 e. The molecule has 0 bridgehead atoms. The third-order valence-electron chi connectivity index (χ3n) is 1.85. The van der Waals surface area contributed by atoms with Crippen molar-refractivity contribution in [3.8, 4) is 0 Å². The standard InChI is InChI=1S/C10H16ClNOS/c1-3-6-13-10(7(2)12)8-4-5-9(11)14-8/h4-5,7,10H,3,6,12H2,1-2H3. The Kier molecular flexibility index (Phi) is 4.89. The molecule has 0 amide bonds. The molecule has 4 heteroatoms. The predicted molar refractivity (Wildman–Crippen MR) is 62.0 cm³/mol. The van der Waals surface area contributed by atoms with Crippen molar-refractivity contribution in [2.45, 2.75) is 32.4 Å². The number of hydrogen-bond donors (Lipinski definition) is 1. The monoisotopic (exact) mass is 233 g/mol. The second-order valence-electron chi connectivity index (χ2n) is 3.29. The molecule has 2 nitrogen and oxygen atoms in total. The maximum Gasteiger partial charge on any atom is 0.106 e. The Morgan fingerprint density at radius 2 is 2.29 bits per heavy atom. The van der Waals surface area contributed by atoms with Gasteiger partial charge in [-0.25, -0.2) is 0 Å². The second kappa shape index (κ2) is 5.71. The quantitative estimate of drug-likeness (QED) is 0.848. The van der Waals surface area contributed by atoms with Crippen molar-refractivity contribution in [3.63, 3.8) is 0 Å². The summed E-state index contributed by atoms with van der Waals surface area (Å²) in [5.41, 5.74) is 5.86. The first kappa shape index (κ1) is 12.0. The van der Waals surface area contributed by atoms with E-state index in [1.807, 2.05) is 19.1 Å². The zero-order valence-electron chi connectivity index (χ0n) is 8.50. The molecule has 0 saturated heterocycles. The molecular weight excluding hydrogens is 218 g/mol. The Morgan fingerprint density at radius 1 is 1.57 bits per heavy atom. The summed E-state index contributed by atoms with van der Waals surface area (Å²) in [6.45, 7) is 4.77. The molecule has 0 fully saturated rings. The van der Waals surface area contributed by atoms with Gasteiger partial charge in [0.05, 0.1) is 4.34 Å². The van der Waals surface area contributed by atoms with E-state index in [-0.39, 0.29) is 12.1 Å². The molecule has 1 aromatic heterocycles. The number of hydrogen-bond acceptors (Lipinski definition) is 3. The highest BCUT2D eigenvalue weighted by Crippen LogP contribution is 2.30. The van der Waals surface area contributed by atoms with Gasteiger partial charge in [0.15, 0.2) is 0 Å². The summed E-state index contributed by atoms with van der Waals surface area (Å²) < 4.78 is 6.46. The van der Waals surface area contributed by atoms with Gasteiger partial charge < -0.3 is 10.5 Å². The van der Waals surface area contributed by atoms with Crippen LogP contribution < -0.4 is 5.73 Å². The molecule has 0 aliphatic rings. The smallest absolute Gasteiger partial charge is 0.106 e. The van der Waals surface area contributed by atoms with Gasteiger partial charge >= 0.3 is 0 Å². The average molecular weight is 234 g/mol. The largest absolute Gasteiger partial charge is 0.371 e. The van der Waals surface area contributed by atoms with Crippen LogP contribution in [0.3, 0.4) is 0 Å². The fraction of sp³-hybridized carbons (Fsp3) is 0.600. The Morgan fingerprint density at radius 3 is 2.71 bits per heavy atom. The molecule has 1 rings (SSSR count). The van der Waals surface area contributed by atoms with Crippen molar-refractivity contribution < 1.29 is 4.74 Å². The molecule has 0 aliphatic carbocycles. The molecule has 2 atom stereocenters. The zero-order chi connectivity index (χ0) is 10.6. The van der Waals surface area contributed by atoms with Crippen molar-refractivity contribution >= 4 is 22.9 Å². The number of thiophene rings is 1. The molecule has 0 aliphatic heterocycles. The summed E-state index contributed by atoms with van der Waals surface area (Å²) in [4.78, 5) is 1.11. The summed E-state index contributed by atoms with van der Waals surface area (Å²) in [7, 11) is 0. The highest BCUT2D eigenvalue weighted by Gasteiger charge is 2.18. The maximum absolute atomic E-state index is 5.87. The van der Waals surface area contributed by atoms with Gasteiger partial charge in [-0.15, -0.1) is 11.3 Å². The van der Waals surface area contributed by atoms with Crippen LogP contribution in [-0.4, -0.2) is 12.6 Å². The van der Waals surface area contributed by atoms with Crippen molar-refractivity contribution in [1.29, 1.82) is 0 Å². The molecule has 1 heterocycles. The summed E-state index contributed by atoms with van der Waals surface area (Å²) in [5, 5.41) is 0. The first-order valence-corrected chi connectivity index (χ1v) is 5.97. The SMILES string of the molecule is CCCOC(c1ccc(Cl)s1)C(C)N. The van der Waals surface area contributed by atoms with E-state index >= 15 is 0 Å². The Hall–Kier alpha value is -0.0900. The minimum atomic E-state index is -0.0209. The third kappa shape index (κ3) is 3.24. The fourth-order valence-electron chi connectivity index (χ4n) is 1.22. The lowest BCUT2D eigenvalue weighted by Gasteiger charge is -2.19. The topological polar surface area (TPSA) is 35.2 Å². The normalized spacial score (nSPS) is 15.4. The predicted octanol–water partition coefficient (Wildman–Crippen LogP) is 3.22. The molecule has 1 aromatic rings. The molecule has 0 aromatic carbocycles. The summed E-state index contributed by atoms with van der Waals surface area (Å²) >= 11 is 7.40. The third-order valence-corrected chi connectivity index (χ3v) is 3.15. The lowest BCUT2D eigenvalue weighted by molar-refractivity contribution is 0.0412. The first-order chi connectivity index (χ1) is 6.65. The second-order valence-corrected chi connectivity index (χ2v) is 5.04. The number of halogens is 1. The van der Waals surface area contributed by atoms with Crippen LogP contribution in [0.4, 0.5) is 0 Å². The van der Waals surface area contributed by atoms with Crippen molar-refractivity contribution in [2.24, 2.45) is 5.73 Å². The maximum atomic E-state index is 5.87. The van der Waals surface area contributed by atoms with Gasteiger partial charge in [-0.1, -0.05) is 18.5 Å². The molecule has 2 N–H and O–H groups in total. The summed E-state index contributed by atoms with van der Waals surface area (Å²) in [6, 6.07) is 3.86. The number of nitrogens with two attached hydrogens (primary N) is 1. The van der Waals surface area contributed by atoms with Crippen LogP contribution in [0.15, 0.2) is 12.1 Å². The van der Waals surface area contributed by atoms with Gasteiger partial charge in [0.2, 0.25) is 0 Å². The molecular formula is C10H16ClNOS. The van der Waals surface area contributed by atoms with E-state index in [1.165, 1.54) is 11.3 Å². The fourth-order valence-corrected chi connectivity index (χ4v) is 2.45. The van der Waals surface area contributed by atoms with Crippen LogP contribution in [0, 0.1) is 0 Å². The first-order valence-electron chi connectivity index (χ1n) is 4.77. The summed E-state index contributed by atoms with van der Waals surface area (Å²) in [6.07, 6.45) is 0.981. The van der Waals surface area contributed by atoms with Crippen molar-refractivity contribution in [1.82, 2.24) is 0 Å². The van der Waals surface area contributed by atoms with Crippen LogP contribution in [0.2, 0.25) is 4.34 Å². The molecule has 0 spiro atoms. The molecule has 2 unspecified atom stereocenters. The molecule has 80 valence electrons. The molecule has 0 radical (unpaired) electrons. The van der Waals surface area contributed by atoms with E-state index in [2.05, 4.69) is 6.92 Å². The van der Waals surface area contributed by atoms with Gasteiger partial charge in [0, 0.05) is 17.5 Å². The van der Waals surface area contributed by atoms with E-state index in [1.54, 1.807) is 0 Å². The van der Waals surface area contributed by atoms with E-state index in [4.69, 9.17) is 22.1 Å². The lowest BCUT2D eigenvalue weighted by Crippen LogP contribution is -2.26. The number of rotatable bonds is 5. The molecule has 14 heavy (non-hydrogen) atoms. The van der Waals surface area contributed by atoms with Gasteiger partial charge in [-0.05, 0) is 25.5 Å². The Labute approximate surface area is 94.0 Å². The van der Waals surface area contributed by atoms with Crippen LogP contribution in [0.1, 0.15) is 31.2 Å². The van der Waals surface area contributed by atoms with Crippen LogP contribution in [0.5, 0.6) is 0 Å². The van der Waals surface area contributed by atoms with Crippen molar-refractivity contribution in [2.75, 3.05) is 6.61 Å². The van der Waals surface area contributed by atoms with E-state index in [0.29, 0.717) is 0 Å². The lowest BCUT2D eigenvalue weighted by atomic mass is 10.1. The highest BCUT2D eigenvalue weighted by molar-refractivity contribution is 7.16. The van der Waals surface area contributed by atoms with Crippen LogP contribution in [0.25, 0.3) is 0 Å². The molecule has 0 saturated carbocycles. The Bertz CT molecular complexity index is 275. The average Bonchev–Trinajstić information content (AvgIpc) is 2.52. The summed E-state index contributed by atoms with van der Waals surface area (Å²) in [5.74, 6) is 0. The van der Waals surface area contributed by atoms with Gasteiger partial charge in [0.25, 0.3) is 0 Å². The Balaban J connectivity index is 2.67. The van der Waals surface area contributed by atoms with E-state index in [9.17, 15) is 0 Å². The van der Waals surface area contributed by atoms with E-state index < -0.39 is 0 Å². The van der Waals surface area contributed by atoms with Crippen LogP contribution in [-0.2, 0) is 4.74 Å². The van der Waals surface area contributed by atoms with Crippen LogP contribution >= 0.6 is 22.9 Å². The van der Waals surface area contributed by atoms with E-state index in [0.717, 1.165) is 22.2 Å².